The lowest BCUT2D eigenvalue weighted by Gasteiger charge is -2.14. The van der Waals surface area contributed by atoms with E-state index < -0.39 is 6.04 Å². The zero-order valence-electron chi connectivity index (χ0n) is 13.5. The molecule has 1 aromatic heterocycles. The Hall–Kier alpha value is -1.56. The maximum atomic E-state index is 12.1. The molecule has 1 atom stereocenters. The van der Waals surface area contributed by atoms with Crippen molar-refractivity contribution in [1.29, 1.82) is 0 Å². The van der Waals surface area contributed by atoms with E-state index >= 15 is 0 Å². The van der Waals surface area contributed by atoms with Crippen LogP contribution in [0.25, 0.3) is 11.4 Å². The van der Waals surface area contributed by atoms with Crippen LogP contribution in [0.4, 0.5) is 5.69 Å². The van der Waals surface area contributed by atoms with E-state index in [2.05, 4.69) is 24.1 Å². The van der Waals surface area contributed by atoms with Crippen LogP contribution in [0.1, 0.15) is 20.3 Å². The van der Waals surface area contributed by atoms with Gasteiger partial charge in [-0.05, 0) is 24.5 Å². The van der Waals surface area contributed by atoms with Gasteiger partial charge in [0.05, 0.1) is 6.04 Å². The second-order valence-corrected chi connectivity index (χ2v) is 5.67. The molecule has 0 aliphatic heterocycles. The minimum atomic E-state index is -0.484. The number of hydrogen-bond donors (Lipinski definition) is 2. The number of rotatable bonds is 5. The van der Waals surface area contributed by atoms with Gasteiger partial charge in [-0.3, -0.25) is 4.79 Å². The first-order chi connectivity index (χ1) is 9.97. The van der Waals surface area contributed by atoms with Gasteiger partial charge < -0.3 is 15.6 Å². The summed E-state index contributed by atoms with van der Waals surface area (Å²) in [7, 11) is 1.94. The summed E-state index contributed by atoms with van der Waals surface area (Å²) in [6.45, 7) is 4.10. The van der Waals surface area contributed by atoms with E-state index in [-0.39, 0.29) is 30.7 Å². The van der Waals surface area contributed by atoms with Crippen molar-refractivity contribution in [2.24, 2.45) is 18.7 Å². The number of nitrogens with one attached hydrogen (secondary N) is 1. The predicted molar refractivity (Wildman–Crippen MR) is 99.2 cm³/mol. The van der Waals surface area contributed by atoms with Gasteiger partial charge in [-0.15, -0.1) is 24.8 Å². The Labute approximate surface area is 149 Å². The summed E-state index contributed by atoms with van der Waals surface area (Å²) in [5, 5.41) is 2.87. The fraction of sp³-hybridized carbons (Fsp3) is 0.375. The molecule has 0 spiro atoms. The number of imidazole rings is 1. The molecule has 0 aliphatic carbocycles. The quantitative estimate of drug-likeness (QED) is 0.861. The number of carbonyl (C=O) groups is 1. The van der Waals surface area contributed by atoms with Crippen LogP contribution in [0.5, 0.6) is 0 Å². The van der Waals surface area contributed by atoms with Crippen molar-refractivity contribution in [2.75, 3.05) is 5.32 Å². The zero-order valence-corrected chi connectivity index (χ0v) is 15.2. The number of hydrogen-bond acceptors (Lipinski definition) is 3. The van der Waals surface area contributed by atoms with Gasteiger partial charge in [-0.1, -0.05) is 26.0 Å². The summed E-state index contributed by atoms with van der Waals surface area (Å²) < 4.78 is 1.94. The molecule has 0 saturated carbocycles. The van der Waals surface area contributed by atoms with Crippen LogP contribution in [0.3, 0.4) is 0 Å². The van der Waals surface area contributed by atoms with Crippen molar-refractivity contribution in [3.63, 3.8) is 0 Å². The van der Waals surface area contributed by atoms with E-state index in [0.717, 1.165) is 17.1 Å². The Bertz CT molecular complexity index is 628. The number of benzene rings is 1. The molecule has 0 aliphatic rings. The highest BCUT2D eigenvalue weighted by molar-refractivity contribution is 5.95. The molecule has 23 heavy (non-hydrogen) atoms. The standard InChI is InChI=1S/C16H22N4O.2ClH/c1-11(2)9-14(17)16(21)19-13-6-4-5-12(10-13)15-18-7-8-20(15)3;;/h4-8,10-11,14H,9,17H2,1-3H3,(H,19,21);2*1H/t14-;;/m0../s1. The molecule has 1 heterocycles. The van der Waals surface area contributed by atoms with Gasteiger partial charge in [0.15, 0.2) is 0 Å². The fourth-order valence-corrected chi connectivity index (χ4v) is 2.23. The third-order valence-corrected chi connectivity index (χ3v) is 3.27. The van der Waals surface area contributed by atoms with Crippen LogP contribution < -0.4 is 11.1 Å². The molecule has 0 bridgehead atoms. The summed E-state index contributed by atoms with van der Waals surface area (Å²) in [5.41, 5.74) is 7.59. The Morgan fingerprint density at radius 3 is 2.61 bits per heavy atom. The number of carbonyl (C=O) groups excluding carboxylic acids is 1. The van der Waals surface area contributed by atoms with Gasteiger partial charge in [0.2, 0.25) is 5.91 Å². The average Bonchev–Trinajstić information content (AvgIpc) is 2.84. The molecule has 128 valence electrons. The summed E-state index contributed by atoms with van der Waals surface area (Å²) in [5.74, 6) is 1.10. The monoisotopic (exact) mass is 358 g/mol. The van der Waals surface area contributed by atoms with Crippen LogP contribution in [0.15, 0.2) is 36.7 Å². The summed E-state index contributed by atoms with van der Waals surface area (Å²) in [4.78, 5) is 16.4. The number of aryl methyl sites for hydroxylation is 1. The summed E-state index contributed by atoms with van der Waals surface area (Å²) >= 11 is 0. The van der Waals surface area contributed by atoms with Crippen LogP contribution in [0, 0.1) is 5.92 Å². The Morgan fingerprint density at radius 1 is 1.35 bits per heavy atom. The molecule has 0 saturated heterocycles. The van der Waals surface area contributed by atoms with Crippen LogP contribution >= 0.6 is 24.8 Å². The maximum absolute atomic E-state index is 12.1. The van der Waals surface area contributed by atoms with Gasteiger partial charge in [0, 0.05) is 30.7 Å². The zero-order chi connectivity index (χ0) is 15.4. The molecule has 1 aromatic carbocycles. The highest BCUT2D eigenvalue weighted by Crippen LogP contribution is 2.20. The largest absolute Gasteiger partial charge is 0.334 e. The number of nitrogens with zero attached hydrogens (tertiary/aromatic N) is 2. The average molecular weight is 359 g/mol. The molecule has 3 N–H and O–H groups in total. The number of aromatic nitrogens is 2. The highest BCUT2D eigenvalue weighted by Gasteiger charge is 2.15. The number of nitrogens with two attached hydrogens (primary N) is 1. The third-order valence-electron chi connectivity index (χ3n) is 3.27. The molecule has 1 amide bonds. The van der Waals surface area contributed by atoms with Gasteiger partial charge >= 0.3 is 0 Å². The molecule has 7 heteroatoms. The Kier molecular flexibility index (Phi) is 8.90. The van der Waals surface area contributed by atoms with Crippen molar-refractivity contribution in [2.45, 2.75) is 26.3 Å². The maximum Gasteiger partial charge on any atom is 0.241 e. The molecule has 0 radical (unpaired) electrons. The third kappa shape index (κ3) is 5.86. The minimum Gasteiger partial charge on any atom is -0.334 e. The molecule has 2 aromatic rings. The lowest BCUT2D eigenvalue weighted by atomic mass is 10.0. The molecule has 0 fully saturated rings. The van der Waals surface area contributed by atoms with Crippen molar-refractivity contribution < 1.29 is 4.79 Å². The van der Waals surface area contributed by atoms with E-state index in [4.69, 9.17) is 5.73 Å². The normalized spacial score (nSPS) is 11.3. The SMILES string of the molecule is CC(C)C[C@H](N)C(=O)Nc1cccc(-c2nccn2C)c1.Cl.Cl. The van der Waals surface area contributed by atoms with Crippen LogP contribution in [-0.4, -0.2) is 21.5 Å². The number of anilines is 1. The number of amides is 1. The van der Waals surface area contributed by atoms with Crippen LogP contribution in [0.2, 0.25) is 0 Å². The highest BCUT2D eigenvalue weighted by atomic mass is 35.5. The van der Waals surface area contributed by atoms with Crippen molar-refractivity contribution >= 4 is 36.4 Å². The molecular formula is C16H24Cl2N4O. The van der Waals surface area contributed by atoms with Crippen LogP contribution in [-0.2, 0) is 11.8 Å². The first-order valence-electron chi connectivity index (χ1n) is 7.11. The van der Waals surface area contributed by atoms with E-state index in [1.807, 2.05) is 42.1 Å². The van der Waals surface area contributed by atoms with Crippen molar-refractivity contribution in [1.82, 2.24) is 9.55 Å². The second kappa shape index (κ2) is 9.55. The van der Waals surface area contributed by atoms with Gasteiger partial charge in [-0.25, -0.2) is 4.98 Å². The lowest BCUT2D eigenvalue weighted by molar-refractivity contribution is -0.117. The van der Waals surface area contributed by atoms with E-state index in [0.29, 0.717) is 12.3 Å². The molecule has 5 nitrogen and oxygen atoms in total. The lowest BCUT2D eigenvalue weighted by Crippen LogP contribution is -2.36. The molecular weight excluding hydrogens is 335 g/mol. The van der Waals surface area contributed by atoms with Gasteiger partial charge in [0.25, 0.3) is 0 Å². The number of halogens is 2. The first kappa shape index (κ1) is 21.4. The van der Waals surface area contributed by atoms with E-state index in [1.165, 1.54) is 0 Å². The van der Waals surface area contributed by atoms with Gasteiger partial charge in [-0.2, -0.15) is 0 Å². The molecule has 0 unspecified atom stereocenters. The summed E-state index contributed by atoms with van der Waals surface area (Å²) in [6.07, 6.45) is 4.31. The van der Waals surface area contributed by atoms with Gasteiger partial charge in [0.1, 0.15) is 5.82 Å². The minimum absolute atomic E-state index is 0. The second-order valence-electron chi connectivity index (χ2n) is 5.67. The predicted octanol–water partition coefficient (Wildman–Crippen LogP) is 3.24. The summed E-state index contributed by atoms with van der Waals surface area (Å²) in [6, 6.07) is 7.14. The Morgan fingerprint density at radius 2 is 2.04 bits per heavy atom. The topological polar surface area (TPSA) is 72.9 Å². The van der Waals surface area contributed by atoms with E-state index in [1.54, 1.807) is 6.20 Å². The van der Waals surface area contributed by atoms with E-state index in [9.17, 15) is 4.79 Å². The van der Waals surface area contributed by atoms with Crippen molar-refractivity contribution in [3.05, 3.63) is 36.7 Å². The molecule has 2 rings (SSSR count). The smallest absolute Gasteiger partial charge is 0.241 e. The Balaban J connectivity index is 0.00000242. The first-order valence-corrected chi connectivity index (χ1v) is 7.11. The van der Waals surface area contributed by atoms with Crippen molar-refractivity contribution in [3.8, 4) is 11.4 Å². The fourth-order valence-electron chi connectivity index (χ4n) is 2.23.